The Morgan fingerprint density at radius 2 is 1.71 bits per heavy atom. The quantitative estimate of drug-likeness (QED) is 0.507. The highest BCUT2D eigenvalue weighted by Crippen LogP contribution is 2.24. The van der Waals surface area contributed by atoms with Crippen molar-refractivity contribution in [3.63, 3.8) is 0 Å². The number of nitrogens with zero attached hydrogens (tertiary/aromatic N) is 1. The van der Waals surface area contributed by atoms with Gasteiger partial charge < -0.3 is 19.7 Å². The zero-order valence-electron chi connectivity index (χ0n) is 21.7. The molecule has 2 aromatic carbocycles. The van der Waals surface area contributed by atoms with Crippen molar-refractivity contribution in [2.24, 2.45) is 5.92 Å². The van der Waals surface area contributed by atoms with Crippen LogP contribution in [0.3, 0.4) is 0 Å². The van der Waals surface area contributed by atoms with Crippen LogP contribution in [0.4, 0.5) is 0 Å². The average Bonchev–Trinajstić information content (AvgIpc) is 2.80. The van der Waals surface area contributed by atoms with E-state index >= 15 is 0 Å². The fraction of sp³-hybridized carbons (Fsp3) is 0.500. The second kappa shape index (κ2) is 12.4. The highest BCUT2D eigenvalue weighted by atomic mass is 16.5. The summed E-state index contributed by atoms with van der Waals surface area (Å²) in [5.74, 6) is 1.26. The molecule has 1 atom stereocenters. The Hall–Kier alpha value is -3.02. The number of benzene rings is 2. The number of ether oxygens (including phenoxy) is 2. The molecule has 1 N–H and O–H groups in total. The molecule has 0 saturated heterocycles. The van der Waals surface area contributed by atoms with Crippen LogP contribution in [0.15, 0.2) is 48.5 Å². The molecule has 0 saturated carbocycles. The molecule has 0 heterocycles. The van der Waals surface area contributed by atoms with Crippen LogP contribution in [-0.4, -0.2) is 43.0 Å². The van der Waals surface area contributed by atoms with Crippen LogP contribution in [0.1, 0.15) is 59.1 Å². The predicted molar refractivity (Wildman–Crippen MR) is 136 cm³/mol. The molecule has 0 bridgehead atoms. The van der Waals surface area contributed by atoms with E-state index in [1.807, 2.05) is 69.3 Å². The van der Waals surface area contributed by atoms with Crippen molar-refractivity contribution in [1.29, 1.82) is 0 Å². The van der Waals surface area contributed by atoms with Gasteiger partial charge in [-0.15, -0.1) is 0 Å². The van der Waals surface area contributed by atoms with Gasteiger partial charge in [-0.25, -0.2) is 0 Å². The Balaban J connectivity index is 2.20. The van der Waals surface area contributed by atoms with Crippen LogP contribution in [0.5, 0.6) is 11.5 Å². The molecule has 6 nitrogen and oxygen atoms in total. The zero-order chi connectivity index (χ0) is 25.3. The number of amides is 2. The van der Waals surface area contributed by atoms with E-state index in [-0.39, 0.29) is 30.4 Å². The van der Waals surface area contributed by atoms with E-state index in [1.54, 1.807) is 12.0 Å². The van der Waals surface area contributed by atoms with Crippen LogP contribution >= 0.6 is 0 Å². The number of hydrogen-bond acceptors (Lipinski definition) is 4. The minimum Gasteiger partial charge on any atom is -0.497 e. The summed E-state index contributed by atoms with van der Waals surface area (Å²) in [6.45, 7) is 13.2. The number of nitrogens with one attached hydrogen (secondary N) is 1. The van der Waals surface area contributed by atoms with Crippen LogP contribution < -0.4 is 14.8 Å². The van der Waals surface area contributed by atoms with Crippen molar-refractivity contribution in [1.82, 2.24) is 10.2 Å². The fourth-order valence-electron chi connectivity index (χ4n) is 3.59. The molecule has 0 aliphatic heterocycles. The molecule has 2 aromatic rings. The largest absolute Gasteiger partial charge is 0.497 e. The van der Waals surface area contributed by atoms with E-state index in [1.165, 1.54) is 5.56 Å². The Labute approximate surface area is 204 Å². The second-order valence-electron chi connectivity index (χ2n) is 10.00. The maximum Gasteiger partial charge on any atom is 0.261 e. The Morgan fingerprint density at radius 1 is 1.03 bits per heavy atom. The van der Waals surface area contributed by atoms with Crippen molar-refractivity contribution in [2.75, 3.05) is 20.3 Å². The van der Waals surface area contributed by atoms with Gasteiger partial charge in [0.2, 0.25) is 5.91 Å². The third-order valence-corrected chi connectivity index (χ3v) is 5.64. The lowest BCUT2D eigenvalue weighted by Crippen LogP contribution is -2.50. The zero-order valence-corrected chi connectivity index (χ0v) is 21.7. The third-order valence-electron chi connectivity index (χ3n) is 5.64. The third kappa shape index (κ3) is 8.08. The normalized spacial score (nSPS) is 12.2. The molecule has 2 amide bonds. The SMILES string of the molecule is CC[C@@H](C(=O)NCC(C)C)N(Cc1cccc(OC)c1)C(=O)COc1ccc(C(C)(C)C)cc1. The smallest absolute Gasteiger partial charge is 0.261 e. The molecule has 0 spiro atoms. The van der Waals surface area contributed by atoms with Gasteiger partial charge in [0, 0.05) is 13.1 Å². The van der Waals surface area contributed by atoms with Gasteiger partial charge in [0.15, 0.2) is 6.61 Å². The van der Waals surface area contributed by atoms with Crippen molar-refractivity contribution >= 4 is 11.8 Å². The highest BCUT2D eigenvalue weighted by Gasteiger charge is 2.29. The van der Waals surface area contributed by atoms with Crippen LogP contribution in [0.25, 0.3) is 0 Å². The van der Waals surface area contributed by atoms with E-state index in [4.69, 9.17) is 9.47 Å². The first kappa shape index (κ1) is 27.2. The summed E-state index contributed by atoms with van der Waals surface area (Å²) < 4.78 is 11.2. The summed E-state index contributed by atoms with van der Waals surface area (Å²) in [7, 11) is 1.61. The minimum absolute atomic E-state index is 0.0413. The monoisotopic (exact) mass is 468 g/mol. The summed E-state index contributed by atoms with van der Waals surface area (Å²) in [4.78, 5) is 27.9. The Bertz CT molecular complexity index is 932. The van der Waals surface area contributed by atoms with Gasteiger partial charge in [-0.1, -0.05) is 65.8 Å². The minimum atomic E-state index is -0.593. The first-order chi connectivity index (χ1) is 16.0. The maximum atomic E-state index is 13.3. The molecule has 0 fully saturated rings. The maximum absolute atomic E-state index is 13.3. The lowest BCUT2D eigenvalue weighted by Gasteiger charge is -2.31. The van der Waals surface area contributed by atoms with Gasteiger partial charge in [0.1, 0.15) is 17.5 Å². The molecule has 0 aromatic heterocycles. The predicted octanol–water partition coefficient (Wildman–Crippen LogP) is 4.95. The summed E-state index contributed by atoms with van der Waals surface area (Å²) in [6.07, 6.45) is 0.500. The lowest BCUT2D eigenvalue weighted by atomic mass is 9.87. The van der Waals surface area contributed by atoms with Crippen LogP contribution in [-0.2, 0) is 21.5 Å². The molecule has 0 aliphatic rings. The lowest BCUT2D eigenvalue weighted by molar-refractivity contribution is -0.143. The van der Waals surface area contributed by atoms with Crippen molar-refractivity contribution in [3.05, 3.63) is 59.7 Å². The summed E-state index contributed by atoms with van der Waals surface area (Å²) >= 11 is 0. The number of hydrogen-bond donors (Lipinski definition) is 1. The molecule has 0 unspecified atom stereocenters. The molecule has 0 radical (unpaired) electrons. The molecule has 34 heavy (non-hydrogen) atoms. The molecule has 186 valence electrons. The summed E-state index contributed by atoms with van der Waals surface area (Å²) in [5, 5.41) is 2.97. The van der Waals surface area contributed by atoms with Gasteiger partial charge in [0.25, 0.3) is 5.91 Å². The summed E-state index contributed by atoms with van der Waals surface area (Å²) in [6, 6.07) is 14.7. The van der Waals surface area contributed by atoms with Crippen molar-refractivity contribution in [3.8, 4) is 11.5 Å². The van der Waals surface area contributed by atoms with Crippen LogP contribution in [0, 0.1) is 5.92 Å². The number of carbonyl (C=O) groups is 2. The van der Waals surface area contributed by atoms with Crippen molar-refractivity contribution < 1.29 is 19.1 Å². The Morgan fingerprint density at radius 3 is 2.26 bits per heavy atom. The molecule has 2 rings (SSSR count). The van der Waals surface area contributed by atoms with E-state index in [9.17, 15) is 9.59 Å². The first-order valence-electron chi connectivity index (χ1n) is 12.0. The van der Waals surface area contributed by atoms with Crippen molar-refractivity contribution in [2.45, 2.75) is 66.0 Å². The van der Waals surface area contributed by atoms with Gasteiger partial charge in [0.05, 0.1) is 7.11 Å². The van der Waals surface area contributed by atoms with Crippen LogP contribution in [0.2, 0.25) is 0 Å². The molecular formula is C28H40N2O4. The van der Waals surface area contributed by atoms with Gasteiger partial charge in [-0.05, 0) is 53.1 Å². The average molecular weight is 469 g/mol. The van der Waals surface area contributed by atoms with E-state index in [2.05, 4.69) is 26.1 Å². The number of rotatable bonds is 11. The van der Waals surface area contributed by atoms with Gasteiger partial charge in [-0.3, -0.25) is 9.59 Å². The number of carbonyl (C=O) groups excluding carboxylic acids is 2. The van der Waals surface area contributed by atoms with E-state index in [0.29, 0.717) is 30.4 Å². The molecule has 0 aliphatic carbocycles. The molecular weight excluding hydrogens is 428 g/mol. The second-order valence-corrected chi connectivity index (χ2v) is 10.00. The number of methoxy groups -OCH3 is 1. The highest BCUT2D eigenvalue weighted by molar-refractivity contribution is 5.88. The molecule has 6 heteroatoms. The summed E-state index contributed by atoms with van der Waals surface area (Å²) in [5.41, 5.74) is 2.12. The van der Waals surface area contributed by atoms with E-state index < -0.39 is 6.04 Å². The first-order valence-corrected chi connectivity index (χ1v) is 12.0. The fourth-order valence-corrected chi connectivity index (χ4v) is 3.59. The standard InChI is InChI=1S/C28H40N2O4/c1-8-25(27(32)29-17-20(2)3)30(18-21-10-9-11-24(16-21)33-7)26(31)19-34-23-14-12-22(13-15-23)28(4,5)6/h9-16,20,25H,8,17-19H2,1-7H3,(H,29,32)/t25-/m0/s1. The Kier molecular flexibility index (Phi) is 9.97. The van der Waals surface area contributed by atoms with E-state index in [0.717, 1.165) is 5.56 Å². The topological polar surface area (TPSA) is 67.9 Å². The van der Waals surface area contributed by atoms with Gasteiger partial charge in [-0.2, -0.15) is 0 Å². The van der Waals surface area contributed by atoms with Gasteiger partial charge >= 0.3 is 0 Å².